The summed E-state index contributed by atoms with van der Waals surface area (Å²) in [6.07, 6.45) is 1.94. The van der Waals surface area contributed by atoms with Gasteiger partial charge in [-0.05, 0) is 25.9 Å². The van der Waals surface area contributed by atoms with E-state index in [-0.39, 0.29) is 0 Å². The van der Waals surface area contributed by atoms with E-state index in [1.54, 1.807) is 0 Å². The average molecular weight is 298 g/mol. The normalized spacial score (nSPS) is 11.5. The molecule has 1 rings (SSSR count). The fourth-order valence-corrected chi connectivity index (χ4v) is 2.33. The average Bonchev–Trinajstić information content (AvgIpc) is 2.46. The van der Waals surface area contributed by atoms with Gasteiger partial charge in [0.1, 0.15) is 5.82 Å². The van der Waals surface area contributed by atoms with Crippen LogP contribution in [0.2, 0.25) is 0 Å². The van der Waals surface area contributed by atoms with Gasteiger partial charge in [0.2, 0.25) is 5.95 Å². The number of rotatable bonds is 9. The number of nitrogen functional groups attached to an aromatic ring is 1. The lowest BCUT2D eigenvalue weighted by molar-refractivity contribution is 0.211. The van der Waals surface area contributed by atoms with E-state index in [0.717, 1.165) is 45.1 Å². The van der Waals surface area contributed by atoms with Gasteiger partial charge in [0.05, 0.1) is 6.54 Å². The monoisotopic (exact) mass is 298 g/mol. The van der Waals surface area contributed by atoms with Crippen molar-refractivity contribution in [1.29, 1.82) is 0 Å². The molecular weight excluding hydrogens is 272 g/mol. The Morgan fingerprint density at radius 2 is 1.55 bits per heavy atom. The first-order chi connectivity index (χ1) is 9.62. The van der Waals surface area contributed by atoms with Gasteiger partial charge >= 0.3 is 0 Å². The van der Waals surface area contributed by atoms with Crippen molar-refractivity contribution in [3.8, 4) is 0 Å². The molecule has 0 unspecified atom stereocenters. The fourth-order valence-electron chi connectivity index (χ4n) is 1.95. The van der Waals surface area contributed by atoms with Crippen molar-refractivity contribution in [3.05, 3.63) is 5.82 Å². The van der Waals surface area contributed by atoms with Crippen LogP contribution < -0.4 is 5.73 Å². The van der Waals surface area contributed by atoms with Gasteiger partial charge < -0.3 is 10.6 Å². The topological polar surface area (TPSA) is 71.2 Å². The summed E-state index contributed by atoms with van der Waals surface area (Å²) in [5.74, 6) is 1.06. The Hall–Kier alpha value is -0.920. The molecular formula is C13H26N6S. The van der Waals surface area contributed by atoms with Gasteiger partial charge in [0, 0.05) is 13.1 Å². The summed E-state index contributed by atoms with van der Waals surface area (Å²) in [6.45, 7) is 12.5. The second-order valence-corrected chi connectivity index (χ2v) is 5.27. The summed E-state index contributed by atoms with van der Waals surface area (Å²) >= 11 is 1.49. The Labute approximate surface area is 126 Å². The van der Waals surface area contributed by atoms with Crippen LogP contribution in [-0.4, -0.2) is 63.7 Å². The number of thioether (sulfide) groups is 1. The molecule has 7 heteroatoms. The maximum Gasteiger partial charge on any atom is 0.224 e. The zero-order valence-electron chi connectivity index (χ0n) is 13.0. The number of likely N-dealkylation sites (N-methyl/N-ethyl adjacent to an activating group) is 2. The molecule has 0 aliphatic heterocycles. The highest BCUT2D eigenvalue weighted by Crippen LogP contribution is 2.10. The van der Waals surface area contributed by atoms with E-state index in [2.05, 4.69) is 45.5 Å². The van der Waals surface area contributed by atoms with Crippen molar-refractivity contribution in [3.63, 3.8) is 0 Å². The molecule has 0 saturated heterocycles. The standard InChI is InChI=1S/C13H26N6S/c1-5-18(6-2)8-9-19(7-3)10-11-15-12(14)17-13(16-11)20-4/h5-10H2,1-4H3,(H2,14,15,16,17). The zero-order valence-corrected chi connectivity index (χ0v) is 13.8. The van der Waals surface area contributed by atoms with Gasteiger partial charge in [-0.1, -0.05) is 32.5 Å². The maximum atomic E-state index is 5.72. The van der Waals surface area contributed by atoms with Crippen molar-refractivity contribution in [2.45, 2.75) is 32.5 Å². The van der Waals surface area contributed by atoms with Crippen molar-refractivity contribution < 1.29 is 0 Å². The molecule has 0 spiro atoms. The first kappa shape index (κ1) is 17.1. The lowest BCUT2D eigenvalue weighted by Gasteiger charge is -2.24. The van der Waals surface area contributed by atoms with Gasteiger partial charge in [0.25, 0.3) is 0 Å². The van der Waals surface area contributed by atoms with E-state index in [1.165, 1.54) is 11.8 Å². The van der Waals surface area contributed by atoms with E-state index in [0.29, 0.717) is 11.1 Å². The van der Waals surface area contributed by atoms with Crippen LogP contribution in [0, 0.1) is 0 Å². The number of hydrogen-bond donors (Lipinski definition) is 1. The van der Waals surface area contributed by atoms with Gasteiger partial charge in [-0.2, -0.15) is 9.97 Å². The molecule has 0 aliphatic carbocycles. The highest BCUT2D eigenvalue weighted by Gasteiger charge is 2.10. The van der Waals surface area contributed by atoms with Crippen LogP contribution in [0.4, 0.5) is 5.95 Å². The molecule has 1 heterocycles. The second-order valence-electron chi connectivity index (χ2n) is 4.49. The van der Waals surface area contributed by atoms with Gasteiger partial charge in [-0.25, -0.2) is 4.98 Å². The molecule has 0 radical (unpaired) electrons. The quantitative estimate of drug-likeness (QED) is 0.690. The van der Waals surface area contributed by atoms with Crippen molar-refractivity contribution in [2.24, 2.45) is 0 Å². The number of anilines is 1. The summed E-state index contributed by atoms with van der Waals surface area (Å²) < 4.78 is 0. The van der Waals surface area contributed by atoms with Crippen LogP contribution in [0.25, 0.3) is 0 Å². The Morgan fingerprint density at radius 3 is 2.10 bits per heavy atom. The fraction of sp³-hybridized carbons (Fsp3) is 0.769. The number of nitrogens with zero attached hydrogens (tertiary/aromatic N) is 5. The minimum Gasteiger partial charge on any atom is -0.368 e. The van der Waals surface area contributed by atoms with Gasteiger partial charge in [0.15, 0.2) is 5.16 Å². The second kappa shape index (κ2) is 9.10. The minimum absolute atomic E-state index is 0.305. The molecule has 0 aromatic carbocycles. The first-order valence-corrected chi connectivity index (χ1v) is 8.34. The summed E-state index contributed by atoms with van der Waals surface area (Å²) in [6, 6.07) is 0. The highest BCUT2D eigenvalue weighted by atomic mass is 32.2. The molecule has 1 aromatic heterocycles. The predicted octanol–water partition coefficient (Wildman–Crippen LogP) is 1.34. The van der Waals surface area contributed by atoms with Crippen molar-refractivity contribution in [1.82, 2.24) is 24.8 Å². The van der Waals surface area contributed by atoms with Crippen LogP contribution in [-0.2, 0) is 6.54 Å². The first-order valence-electron chi connectivity index (χ1n) is 7.11. The third-order valence-corrected chi connectivity index (χ3v) is 3.85. The third-order valence-electron chi connectivity index (χ3n) is 3.30. The Bertz CT molecular complexity index is 396. The van der Waals surface area contributed by atoms with Gasteiger partial charge in [-0.15, -0.1) is 0 Å². The number of hydrogen-bond acceptors (Lipinski definition) is 7. The summed E-state index contributed by atoms with van der Waals surface area (Å²) in [5, 5.41) is 0.687. The summed E-state index contributed by atoms with van der Waals surface area (Å²) in [7, 11) is 0. The Morgan fingerprint density at radius 1 is 0.950 bits per heavy atom. The van der Waals surface area contributed by atoms with Crippen LogP contribution in [0.5, 0.6) is 0 Å². The number of nitrogens with two attached hydrogens (primary N) is 1. The third kappa shape index (κ3) is 5.60. The lowest BCUT2D eigenvalue weighted by atomic mass is 10.4. The molecule has 0 amide bonds. The number of aromatic nitrogens is 3. The van der Waals surface area contributed by atoms with E-state index < -0.39 is 0 Å². The maximum absolute atomic E-state index is 5.72. The smallest absolute Gasteiger partial charge is 0.224 e. The van der Waals surface area contributed by atoms with Crippen molar-refractivity contribution in [2.75, 3.05) is 44.7 Å². The molecule has 6 nitrogen and oxygen atoms in total. The molecule has 2 N–H and O–H groups in total. The minimum atomic E-state index is 0.305. The zero-order chi connectivity index (χ0) is 15.0. The lowest BCUT2D eigenvalue weighted by Crippen LogP contribution is -2.35. The van der Waals surface area contributed by atoms with E-state index in [9.17, 15) is 0 Å². The van der Waals surface area contributed by atoms with Crippen LogP contribution in [0.3, 0.4) is 0 Å². The van der Waals surface area contributed by atoms with E-state index in [1.807, 2.05) is 6.26 Å². The molecule has 0 atom stereocenters. The largest absolute Gasteiger partial charge is 0.368 e. The molecule has 0 bridgehead atoms. The molecule has 0 fully saturated rings. The SMILES string of the molecule is CCN(CC)CCN(CC)Cc1nc(N)nc(SC)n1. The molecule has 20 heavy (non-hydrogen) atoms. The Kier molecular flexibility index (Phi) is 7.79. The van der Waals surface area contributed by atoms with Gasteiger partial charge in [-0.3, -0.25) is 4.90 Å². The molecule has 0 saturated carbocycles. The van der Waals surface area contributed by atoms with Crippen molar-refractivity contribution >= 4 is 17.7 Å². The summed E-state index contributed by atoms with van der Waals surface area (Å²) in [4.78, 5) is 17.5. The van der Waals surface area contributed by atoms with Crippen LogP contribution >= 0.6 is 11.8 Å². The molecule has 1 aromatic rings. The van der Waals surface area contributed by atoms with Crippen LogP contribution in [0.15, 0.2) is 5.16 Å². The van der Waals surface area contributed by atoms with E-state index in [4.69, 9.17) is 5.73 Å². The summed E-state index contributed by atoms with van der Waals surface area (Å²) in [5.41, 5.74) is 5.72. The van der Waals surface area contributed by atoms with Crippen LogP contribution in [0.1, 0.15) is 26.6 Å². The molecule has 0 aliphatic rings. The highest BCUT2D eigenvalue weighted by molar-refractivity contribution is 7.98. The van der Waals surface area contributed by atoms with E-state index >= 15 is 0 Å². The predicted molar refractivity (Wildman–Crippen MR) is 84.8 cm³/mol. The Balaban J connectivity index is 2.61. The molecule has 114 valence electrons.